The summed E-state index contributed by atoms with van der Waals surface area (Å²) in [6, 6.07) is 8.08. The van der Waals surface area contributed by atoms with E-state index in [4.69, 9.17) is 4.74 Å². The van der Waals surface area contributed by atoms with E-state index in [1.807, 2.05) is 36.0 Å². The van der Waals surface area contributed by atoms with Crippen LogP contribution in [0.3, 0.4) is 0 Å². The van der Waals surface area contributed by atoms with Crippen LogP contribution >= 0.6 is 0 Å². The van der Waals surface area contributed by atoms with Gasteiger partial charge in [0.15, 0.2) is 0 Å². The van der Waals surface area contributed by atoms with E-state index < -0.39 is 0 Å². The van der Waals surface area contributed by atoms with Crippen LogP contribution in [0, 0.1) is 0 Å². The maximum absolute atomic E-state index is 5.69. The first-order valence-electron chi connectivity index (χ1n) is 6.02. The molecule has 0 N–H and O–H groups in total. The minimum atomic E-state index is 0.778. The summed E-state index contributed by atoms with van der Waals surface area (Å²) in [6.45, 7) is 2.94. The maximum Gasteiger partial charge on any atom is 0.139 e. The Hall–Kier alpha value is -1.77. The summed E-state index contributed by atoms with van der Waals surface area (Å²) in [6.07, 6.45) is 5.99. The SMILES string of the molecule is CCCCOc1cccc(-c2nccn2C)c1. The average Bonchev–Trinajstić information content (AvgIpc) is 2.76. The van der Waals surface area contributed by atoms with Gasteiger partial charge in [-0.2, -0.15) is 0 Å². The highest BCUT2D eigenvalue weighted by Gasteiger charge is 2.04. The van der Waals surface area contributed by atoms with Crippen molar-refractivity contribution in [3.8, 4) is 17.1 Å². The lowest BCUT2D eigenvalue weighted by Crippen LogP contribution is -1.97. The molecule has 0 saturated heterocycles. The van der Waals surface area contributed by atoms with Crippen LogP contribution in [0.5, 0.6) is 5.75 Å². The highest BCUT2D eigenvalue weighted by atomic mass is 16.5. The van der Waals surface area contributed by atoms with Gasteiger partial charge in [-0.1, -0.05) is 25.5 Å². The first kappa shape index (κ1) is 11.7. The summed E-state index contributed by atoms with van der Waals surface area (Å²) in [5, 5.41) is 0. The number of rotatable bonds is 5. The molecule has 0 unspecified atom stereocenters. The average molecular weight is 230 g/mol. The van der Waals surface area contributed by atoms with Crippen LogP contribution in [0.25, 0.3) is 11.4 Å². The van der Waals surface area contributed by atoms with Gasteiger partial charge in [0.1, 0.15) is 11.6 Å². The lowest BCUT2D eigenvalue weighted by molar-refractivity contribution is 0.309. The molecule has 1 heterocycles. The first-order valence-corrected chi connectivity index (χ1v) is 6.02. The molecule has 0 spiro atoms. The zero-order valence-electron chi connectivity index (χ0n) is 10.4. The minimum absolute atomic E-state index is 0.778. The second-order valence-electron chi connectivity index (χ2n) is 4.09. The van der Waals surface area contributed by atoms with E-state index in [9.17, 15) is 0 Å². The number of nitrogens with zero attached hydrogens (tertiary/aromatic N) is 2. The number of benzene rings is 1. The Bertz CT molecular complexity index is 477. The molecule has 0 aliphatic heterocycles. The smallest absolute Gasteiger partial charge is 0.139 e. The number of unbranched alkanes of at least 4 members (excludes halogenated alkanes) is 1. The van der Waals surface area contributed by atoms with Crippen LogP contribution in [0.2, 0.25) is 0 Å². The van der Waals surface area contributed by atoms with Crippen LogP contribution in [-0.4, -0.2) is 16.2 Å². The molecule has 90 valence electrons. The summed E-state index contributed by atoms with van der Waals surface area (Å²) in [4.78, 5) is 4.33. The number of imidazole rings is 1. The lowest BCUT2D eigenvalue weighted by Gasteiger charge is -2.07. The van der Waals surface area contributed by atoms with Crippen molar-refractivity contribution in [3.63, 3.8) is 0 Å². The molecular weight excluding hydrogens is 212 g/mol. The van der Waals surface area contributed by atoms with E-state index in [2.05, 4.69) is 18.0 Å². The van der Waals surface area contributed by atoms with E-state index in [1.54, 1.807) is 6.20 Å². The fourth-order valence-electron chi connectivity index (χ4n) is 1.70. The van der Waals surface area contributed by atoms with Gasteiger partial charge in [-0.25, -0.2) is 4.98 Å². The van der Waals surface area contributed by atoms with Crippen molar-refractivity contribution in [2.45, 2.75) is 19.8 Å². The van der Waals surface area contributed by atoms with Crippen molar-refractivity contribution in [2.75, 3.05) is 6.61 Å². The van der Waals surface area contributed by atoms with E-state index in [0.29, 0.717) is 0 Å². The Morgan fingerprint density at radius 1 is 1.35 bits per heavy atom. The van der Waals surface area contributed by atoms with E-state index in [0.717, 1.165) is 36.6 Å². The van der Waals surface area contributed by atoms with Crippen LogP contribution in [0.1, 0.15) is 19.8 Å². The molecule has 3 heteroatoms. The molecule has 1 aromatic carbocycles. The van der Waals surface area contributed by atoms with Gasteiger partial charge in [-0.05, 0) is 18.6 Å². The fourth-order valence-corrected chi connectivity index (χ4v) is 1.70. The molecule has 1 aromatic heterocycles. The van der Waals surface area contributed by atoms with Crippen LogP contribution in [0.4, 0.5) is 0 Å². The summed E-state index contributed by atoms with van der Waals surface area (Å²) in [7, 11) is 1.99. The van der Waals surface area contributed by atoms with Crippen molar-refractivity contribution in [3.05, 3.63) is 36.7 Å². The second kappa shape index (κ2) is 5.53. The minimum Gasteiger partial charge on any atom is -0.494 e. The molecule has 0 atom stereocenters. The molecule has 2 rings (SSSR count). The van der Waals surface area contributed by atoms with Gasteiger partial charge in [0.2, 0.25) is 0 Å². The number of hydrogen-bond donors (Lipinski definition) is 0. The van der Waals surface area contributed by atoms with Crippen molar-refractivity contribution in [2.24, 2.45) is 7.05 Å². The van der Waals surface area contributed by atoms with E-state index >= 15 is 0 Å². The third kappa shape index (κ3) is 2.87. The van der Waals surface area contributed by atoms with Crippen molar-refractivity contribution in [1.29, 1.82) is 0 Å². The fraction of sp³-hybridized carbons (Fsp3) is 0.357. The Balaban J connectivity index is 2.14. The lowest BCUT2D eigenvalue weighted by atomic mass is 10.2. The second-order valence-corrected chi connectivity index (χ2v) is 4.09. The standard InChI is InChI=1S/C14H18N2O/c1-3-4-10-17-13-7-5-6-12(11-13)14-15-8-9-16(14)2/h5-9,11H,3-4,10H2,1-2H3. The zero-order valence-corrected chi connectivity index (χ0v) is 10.4. The molecule has 0 aliphatic carbocycles. The summed E-state index contributed by atoms with van der Waals surface area (Å²) >= 11 is 0. The van der Waals surface area contributed by atoms with Crippen LogP contribution in [-0.2, 0) is 7.05 Å². The Labute approximate surface area is 102 Å². The summed E-state index contributed by atoms with van der Waals surface area (Å²) in [5.41, 5.74) is 1.09. The molecule has 3 nitrogen and oxygen atoms in total. The van der Waals surface area contributed by atoms with Gasteiger partial charge in [0.25, 0.3) is 0 Å². The molecule has 0 radical (unpaired) electrons. The van der Waals surface area contributed by atoms with Gasteiger partial charge >= 0.3 is 0 Å². The Morgan fingerprint density at radius 3 is 2.94 bits per heavy atom. The molecule has 0 bridgehead atoms. The van der Waals surface area contributed by atoms with Crippen LogP contribution < -0.4 is 4.74 Å². The summed E-state index contributed by atoms with van der Waals surface area (Å²) < 4.78 is 7.69. The molecule has 0 fully saturated rings. The van der Waals surface area contributed by atoms with Gasteiger partial charge < -0.3 is 9.30 Å². The van der Waals surface area contributed by atoms with Crippen molar-refractivity contribution in [1.82, 2.24) is 9.55 Å². The quantitative estimate of drug-likeness (QED) is 0.737. The molecular formula is C14H18N2O. The number of ether oxygens (including phenoxy) is 1. The molecule has 0 saturated carbocycles. The largest absolute Gasteiger partial charge is 0.494 e. The van der Waals surface area contributed by atoms with E-state index in [-0.39, 0.29) is 0 Å². The van der Waals surface area contributed by atoms with Crippen molar-refractivity contribution >= 4 is 0 Å². The number of aromatic nitrogens is 2. The topological polar surface area (TPSA) is 27.1 Å². The summed E-state index contributed by atoms with van der Waals surface area (Å²) in [5.74, 6) is 1.88. The molecule has 0 aliphatic rings. The van der Waals surface area contributed by atoms with Gasteiger partial charge in [0.05, 0.1) is 6.61 Å². The first-order chi connectivity index (χ1) is 8.31. The highest BCUT2D eigenvalue weighted by molar-refractivity contribution is 5.57. The molecule has 2 aromatic rings. The number of hydrogen-bond acceptors (Lipinski definition) is 2. The monoisotopic (exact) mass is 230 g/mol. The molecule has 17 heavy (non-hydrogen) atoms. The van der Waals surface area contributed by atoms with Gasteiger partial charge in [-0.15, -0.1) is 0 Å². The van der Waals surface area contributed by atoms with E-state index in [1.165, 1.54) is 0 Å². The normalized spacial score (nSPS) is 10.5. The third-order valence-corrected chi connectivity index (χ3v) is 2.68. The highest BCUT2D eigenvalue weighted by Crippen LogP contribution is 2.22. The van der Waals surface area contributed by atoms with Gasteiger partial charge in [-0.3, -0.25) is 0 Å². The Kier molecular flexibility index (Phi) is 3.81. The van der Waals surface area contributed by atoms with Crippen molar-refractivity contribution < 1.29 is 4.74 Å². The Morgan fingerprint density at radius 2 is 2.24 bits per heavy atom. The predicted molar refractivity (Wildman–Crippen MR) is 69.0 cm³/mol. The molecule has 0 amide bonds. The maximum atomic E-state index is 5.69. The van der Waals surface area contributed by atoms with Gasteiger partial charge in [0, 0.05) is 25.0 Å². The zero-order chi connectivity index (χ0) is 12.1. The third-order valence-electron chi connectivity index (χ3n) is 2.68. The van der Waals surface area contributed by atoms with Crippen LogP contribution in [0.15, 0.2) is 36.7 Å². The number of aryl methyl sites for hydroxylation is 1. The predicted octanol–water partition coefficient (Wildman–Crippen LogP) is 3.27.